The predicted molar refractivity (Wildman–Crippen MR) is 105 cm³/mol. The number of benzene rings is 2. The fourth-order valence-electron chi connectivity index (χ4n) is 3.90. The lowest BCUT2D eigenvalue weighted by Crippen LogP contribution is -2.46. The van der Waals surface area contributed by atoms with Crippen molar-refractivity contribution in [3.05, 3.63) is 77.5 Å². The van der Waals surface area contributed by atoms with Gasteiger partial charge in [0.2, 0.25) is 0 Å². The summed E-state index contributed by atoms with van der Waals surface area (Å²) in [7, 11) is 0. The van der Waals surface area contributed by atoms with Gasteiger partial charge in [-0.25, -0.2) is 0 Å². The summed E-state index contributed by atoms with van der Waals surface area (Å²) in [5, 5.41) is 11.9. The summed E-state index contributed by atoms with van der Waals surface area (Å²) < 4.78 is 42.4. The first-order valence-electron chi connectivity index (χ1n) is 9.21. The zero-order chi connectivity index (χ0) is 20.6. The van der Waals surface area contributed by atoms with Crippen molar-refractivity contribution < 1.29 is 18.3 Å². The van der Waals surface area contributed by atoms with E-state index in [1.165, 1.54) is 19.9 Å². The minimum Gasteiger partial charge on any atom is -0.390 e. The summed E-state index contributed by atoms with van der Waals surface area (Å²) in [5.74, 6) is 0. The van der Waals surface area contributed by atoms with Gasteiger partial charge >= 0.3 is 6.18 Å². The van der Waals surface area contributed by atoms with Crippen molar-refractivity contribution in [2.24, 2.45) is 0 Å². The Balaban J connectivity index is 1.98. The maximum Gasteiger partial charge on any atom is 0.398 e. The van der Waals surface area contributed by atoms with E-state index in [1.54, 1.807) is 37.4 Å². The molecule has 28 heavy (non-hydrogen) atoms. The van der Waals surface area contributed by atoms with E-state index >= 15 is 0 Å². The van der Waals surface area contributed by atoms with Crippen LogP contribution in [-0.4, -0.2) is 21.9 Å². The van der Waals surface area contributed by atoms with Gasteiger partial charge in [-0.2, -0.15) is 13.2 Å². The number of pyridine rings is 1. The second-order valence-corrected chi connectivity index (χ2v) is 8.04. The van der Waals surface area contributed by atoms with E-state index < -0.39 is 23.6 Å². The Morgan fingerprint density at radius 2 is 1.68 bits per heavy atom. The molecule has 0 fully saturated rings. The van der Waals surface area contributed by atoms with Gasteiger partial charge in [-0.05, 0) is 50.5 Å². The lowest BCUT2D eigenvalue weighted by Gasteiger charge is -2.39. The van der Waals surface area contributed by atoms with Gasteiger partial charge < -0.3 is 5.11 Å². The predicted octanol–water partition coefficient (Wildman–Crippen LogP) is 5.75. The third-order valence-corrected chi connectivity index (χ3v) is 5.33. The van der Waals surface area contributed by atoms with Gasteiger partial charge in [0, 0.05) is 18.0 Å². The molecule has 2 nitrogen and oxygen atoms in total. The van der Waals surface area contributed by atoms with Crippen LogP contribution in [0.4, 0.5) is 13.2 Å². The van der Waals surface area contributed by atoms with Gasteiger partial charge in [-0.3, -0.25) is 4.98 Å². The van der Waals surface area contributed by atoms with Crippen molar-refractivity contribution in [2.75, 3.05) is 0 Å². The maximum absolute atomic E-state index is 14.1. The Bertz CT molecular complexity index is 975. The summed E-state index contributed by atoms with van der Waals surface area (Å²) in [4.78, 5) is 4.28. The number of aliphatic hydroxyl groups is 1. The molecule has 0 radical (unpaired) electrons. The van der Waals surface area contributed by atoms with Crippen LogP contribution in [0.1, 0.15) is 37.0 Å². The summed E-state index contributed by atoms with van der Waals surface area (Å²) in [5.41, 5.74) is -1.26. The van der Waals surface area contributed by atoms with Crippen molar-refractivity contribution in [1.29, 1.82) is 0 Å². The molecule has 0 saturated heterocycles. The Hall–Kier alpha value is -2.40. The first-order chi connectivity index (χ1) is 13.0. The number of nitrogens with zero attached hydrogens (tertiary/aromatic N) is 1. The van der Waals surface area contributed by atoms with Crippen molar-refractivity contribution in [2.45, 2.75) is 50.8 Å². The Labute approximate surface area is 163 Å². The average Bonchev–Trinajstić information content (AvgIpc) is 2.60. The van der Waals surface area contributed by atoms with Crippen molar-refractivity contribution in [1.82, 2.24) is 4.98 Å². The fraction of sp³-hybridized carbons (Fsp3) is 0.348. The number of aryl methyl sites for hydroxylation is 1. The number of hydrogen-bond acceptors (Lipinski definition) is 2. The van der Waals surface area contributed by atoms with Crippen LogP contribution in [0.2, 0.25) is 0 Å². The topological polar surface area (TPSA) is 33.1 Å². The van der Waals surface area contributed by atoms with Gasteiger partial charge in [0.05, 0.1) is 16.5 Å². The monoisotopic (exact) mass is 387 g/mol. The second-order valence-electron chi connectivity index (χ2n) is 8.04. The normalized spacial score (nSPS) is 16.5. The van der Waals surface area contributed by atoms with Gasteiger partial charge in [0.15, 0.2) is 0 Å². The van der Waals surface area contributed by atoms with Crippen molar-refractivity contribution in [3.8, 4) is 0 Å². The number of para-hydroxylation sites is 1. The lowest BCUT2D eigenvalue weighted by molar-refractivity contribution is -0.199. The van der Waals surface area contributed by atoms with Crippen LogP contribution in [0.25, 0.3) is 10.9 Å². The maximum atomic E-state index is 14.1. The third kappa shape index (κ3) is 4.04. The molecule has 1 heterocycles. The molecule has 3 rings (SSSR count). The molecule has 0 saturated carbocycles. The van der Waals surface area contributed by atoms with Gasteiger partial charge in [-0.15, -0.1) is 0 Å². The zero-order valence-electron chi connectivity index (χ0n) is 16.2. The SMILES string of the molecule is Cc1cccc(C(C)(CC(C)(O)Cc2ccnc3ccccc23)C(F)(F)F)c1. The highest BCUT2D eigenvalue weighted by Crippen LogP contribution is 2.47. The molecule has 0 spiro atoms. The highest BCUT2D eigenvalue weighted by atomic mass is 19.4. The molecule has 148 valence electrons. The van der Waals surface area contributed by atoms with Gasteiger partial charge in [-0.1, -0.05) is 48.0 Å². The zero-order valence-corrected chi connectivity index (χ0v) is 16.2. The van der Waals surface area contributed by atoms with Gasteiger partial charge in [0.1, 0.15) is 0 Å². The van der Waals surface area contributed by atoms with E-state index in [-0.39, 0.29) is 12.0 Å². The van der Waals surface area contributed by atoms with E-state index in [4.69, 9.17) is 0 Å². The Kier molecular flexibility index (Phi) is 5.24. The highest BCUT2D eigenvalue weighted by molar-refractivity contribution is 5.81. The summed E-state index contributed by atoms with van der Waals surface area (Å²) >= 11 is 0. The van der Waals surface area contributed by atoms with Crippen LogP contribution in [0.15, 0.2) is 60.8 Å². The quantitative estimate of drug-likeness (QED) is 0.605. The first kappa shape index (κ1) is 20.3. The molecular formula is C23H24F3NO. The number of fused-ring (bicyclic) bond motifs is 1. The molecule has 0 amide bonds. The molecule has 1 N–H and O–H groups in total. The molecule has 0 aliphatic rings. The molecule has 2 aromatic carbocycles. The van der Waals surface area contributed by atoms with Crippen LogP contribution >= 0.6 is 0 Å². The molecule has 0 aliphatic heterocycles. The highest BCUT2D eigenvalue weighted by Gasteiger charge is 2.54. The minimum absolute atomic E-state index is 0.105. The molecule has 2 unspecified atom stereocenters. The number of halogens is 3. The fourth-order valence-corrected chi connectivity index (χ4v) is 3.90. The number of rotatable bonds is 5. The van der Waals surface area contributed by atoms with Crippen molar-refractivity contribution in [3.63, 3.8) is 0 Å². The molecule has 0 aliphatic carbocycles. The Morgan fingerprint density at radius 1 is 0.964 bits per heavy atom. The smallest absolute Gasteiger partial charge is 0.390 e. The first-order valence-corrected chi connectivity index (χ1v) is 9.21. The van der Waals surface area contributed by atoms with Crippen LogP contribution in [0.5, 0.6) is 0 Å². The summed E-state index contributed by atoms with van der Waals surface area (Å²) in [6.45, 7) is 4.41. The molecule has 2 atom stereocenters. The summed E-state index contributed by atoms with van der Waals surface area (Å²) in [6.07, 6.45) is -3.21. The van der Waals surface area contributed by atoms with Gasteiger partial charge in [0.25, 0.3) is 0 Å². The summed E-state index contributed by atoms with van der Waals surface area (Å²) in [6, 6.07) is 15.6. The van der Waals surface area contributed by atoms with Crippen LogP contribution < -0.4 is 0 Å². The van der Waals surface area contributed by atoms with E-state index in [0.717, 1.165) is 22.0 Å². The standard InChI is InChI=1S/C23H24F3NO/c1-16-7-6-8-18(13-16)22(3,23(24,25)26)15-21(2,28)14-17-11-12-27-20-10-5-4-9-19(17)20/h4-13,28H,14-15H2,1-3H3. The molecule has 1 aromatic heterocycles. The van der Waals surface area contributed by atoms with E-state index in [1.807, 2.05) is 24.3 Å². The van der Waals surface area contributed by atoms with E-state index in [9.17, 15) is 18.3 Å². The molecular weight excluding hydrogens is 363 g/mol. The van der Waals surface area contributed by atoms with E-state index in [2.05, 4.69) is 4.98 Å². The lowest BCUT2D eigenvalue weighted by atomic mass is 9.71. The molecule has 0 bridgehead atoms. The largest absolute Gasteiger partial charge is 0.398 e. The minimum atomic E-state index is -4.49. The van der Waals surface area contributed by atoms with Crippen LogP contribution in [0, 0.1) is 6.92 Å². The number of hydrogen-bond donors (Lipinski definition) is 1. The second kappa shape index (κ2) is 7.21. The third-order valence-electron chi connectivity index (χ3n) is 5.33. The Morgan fingerprint density at radius 3 is 2.36 bits per heavy atom. The van der Waals surface area contributed by atoms with E-state index in [0.29, 0.717) is 0 Å². The van der Waals surface area contributed by atoms with Crippen molar-refractivity contribution >= 4 is 10.9 Å². The molecule has 3 aromatic rings. The number of aromatic nitrogens is 1. The van der Waals surface area contributed by atoms with Crippen LogP contribution in [-0.2, 0) is 11.8 Å². The number of alkyl halides is 3. The average molecular weight is 387 g/mol. The van der Waals surface area contributed by atoms with Crippen LogP contribution in [0.3, 0.4) is 0 Å². The molecule has 5 heteroatoms.